The molecule has 0 radical (unpaired) electrons. The average Bonchev–Trinajstić information content (AvgIpc) is 2.95. The zero-order valence-corrected chi connectivity index (χ0v) is 10.4. The van der Waals surface area contributed by atoms with E-state index in [9.17, 15) is 4.79 Å². The summed E-state index contributed by atoms with van der Waals surface area (Å²) in [6.45, 7) is 0. The van der Waals surface area contributed by atoms with Gasteiger partial charge in [0.25, 0.3) is 5.91 Å². The summed E-state index contributed by atoms with van der Waals surface area (Å²) in [5.41, 5.74) is 7.42. The van der Waals surface area contributed by atoms with Gasteiger partial charge < -0.3 is 10.3 Å². The van der Waals surface area contributed by atoms with Crippen molar-refractivity contribution < 1.29 is 4.79 Å². The summed E-state index contributed by atoms with van der Waals surface area (Å²) in [4.78, 5) is 19.8. The zero-order chi connectivity index (χ0) is 12.7. The molecule has 0 unspecified atom stereocenters. The van der Waals surface area contributed by atoms with Gasteiger partial charge in [-0.05, 0) is 12.1 Å². The Morgan fingerprint density at radius 1 is 1.33 bits per heavy atom. The lowest BCUT2D eigenvalue weighted by molar-refractivity contribution is 0.0996. The number of primary amides is 1. The topological polar surface area (TPSA) is 73.8 Å². The maximum absolute atomic E-state index is 11.0. The summed E-state index contributed by atoms with van der Waals surface area (Å²) in [5.74, 6) is 0.227. The summed E-state index contributed by atoms with van der Waals surface area (Å²) < 4.78 is 1.96. The number of amides is 1. The second kappa shape index (κ2) is 3.92. The predicted octanol–water partition coefficient (Wildman–Crippen LogP) is 1.80. The van der Waals surface area contributed by atoms with Crippen LogP contribution in [0.4, 0.5) is 0 Å². The van der Waals surface area contributed by atoms with E-state index in [4.69, 9.17) is 5.73 Å². The molecule has 90 valence electrons. The number of fused-ring (bicyclic) bond motifs is 1. The number of aryl methyl sites for hydroxylation is 1. The highest BCUT2D eigenvalue weighted by Gasteiger charge is 2.14. The standard InChI is InChI=1S/C12H10N4OS/c1-16-9-5-3-2-4-7(9)14-11(16)12-15-8(6-18-12)10(13)17/h2-6H,1H3,(H2,13,17). The monoisotopic (exact) mass is 258 g/mol. The average molecular weight is 258 g/mol. The number of aromatic nitrogens is 3. The first-order chi connectivity index (χ1) is 8.66. The minimum Gasteiger partial charge on any atom is -0.364 e. The lowest BCUT2D eigenvalue weighted by Gasteiger charge is -1.97. The fourth-order valence-electron chi connectivity index (χ4n) is 1.83. The minimum absolute atomic E-state index is 0.280. The third kappa shape index (κ3) is 1.58. The van der Waals surface area contributed by atoms with Gasteiger partial charge in [-0.2, -0.15) is 0 Å². The van der Waals surface area contributed by atoms with E-state index in [0.717, 1.165) is 16.9 Å². The van der Waals surface area contributed by atoms with Crippen molar-refractivity contribution in [2.45, 2.75) is 0 Å². The molecule has 3 rings (SSSR count). The molecule has 2 heterocycles. The Morgan fingerprint density at radius 2 is 2.11 bits per heavy atom. The summed E-state index contributed by atoms with van der Waals surface area (Å²) in [6.07, 6.45) is 0. The molecule has 18 heavy (non-hydrogen) atoms. The van der Waals surface area contributed by atoms with E-state index >= 15 is 0 Å². The van der Waals surface area contributed by atoms with E-state index in [2.05, 4.69) is 9.97 Å². The molecule has 2 N–H and O–H groups in total. The summed E-state index contributed by atoms with van der Waals surface area (Å²) in [7, 11) is 1.93. The minimum atomic E-state index is -0.517. The molecule has 1 aromatic carbocycles. The van der Waals surface area contributed by atoms with Crippen LogP contribution in [0, 0.1) is 0 Å². The van der Waals surface area contributed by atoms with Crippen molar-refractivity contribution in [1.29, 1.82) is 0 Å². The van der Waals surface area contributed by atoms with Crippen LogP contribution in [0.25, 0.3) is 21.9 Å². The molecule has 5 nitrogen and oxygen atoms in total. The number of para-hydroxylation sites is 2. The number of hydrogen-bond acceptors (Lipinski definition) is 4. The number of benzene rings is 1. The van der Waals surface area contributed by atoms with Crippen LogP contribution >= 0.6 is 11.3 Å². The zero-order valence-electron chi connectivity index (χ0n) is 9.62. The number of imidazole rings is 1. The van der Waals surface area contributed by atoms with Crippen LogP contribution in [-0.4, -0.2) is 20.4 Å². The second-order valence-corrected chi connectivity index (χ2v) is 4.74. The number of nitrogens with zero attached hydrogens (tertiary/aromatic N) is 3. The number of hydrogen-bond donors (Lipinski definition) is 1. The molecule has 0 atom stereocenters. The quantitative estimate of drug-likeness (QED) is 0.761. The van der Waals surface area contributed by atoms with E-state index in [1.165, 1.54) is 11.3 Å². The Balaban J connectivity index is 2.18. The number of thiazole rings is 1. The molecular weight excluding hydrogens is 248 g/mol. The van der Waals surface area contributed by atoms with Crippen LogP contribution in [0.3, 0.4) is 0 Å². The first-order valence-corrected chi connectivity index (χ1v) is 6.22. The van der Waals surface area contributed by atoms with Gasteiger partial charge in [0.05, 0.1) is 11.0 Å². The van der Waals surface area contributed by atoms with E-state index in [0.29, 0.717) is 5.01 Å². The number of rotatable bonds is 2. The van der Waals surface area contributed by atoms with Gasteiger partial charge in [0.2, 0.25) is 0 Å². The van der Waals surface area contributed by atoms with Crippen molar-refractivity contribution >= 4 is 28.3 Å². The lowest BCUT2D eigenvalue weighted by atomic mass is 10.3. The van der Waals surface area contributed by atoms with Gasteiger partial charge in [0.15, 0.2) is 10.8 Å². The van der Waals surface area contributed by atoms with E-state index < -0.39 is 5.91 Å². The third-order valence-corrected chi connectivity index (χ3v) is 3.57. The van der Waals surface area contributed by atoms with Crippen LogP contribution in [0.2, 0.25) is 0 Å². The van der Waals surface area contributed by atoms with Crippen molar-refractivity contribution in [1.82, 2.24) is 14.5 Å². The Hall–Kier alpha value is -2.21. The SMILES string of the molecule is Cn1c(-c2nc(C(N)=O)cs2)nc2ccccc21. The molecule has 0 spiro atoms. The largest absolute Gasteiger partial charge is 0.364 e. The fourth-order valence-corrected chi connectivity index (χ4v) is 2.66. The number of carbonyl (C=O) groups is 1. The smallest absolute Gasteiger partial charge is 0.268 e. The number of carbonyl (C=O) groups excluding carboxylic acids is 1. The molecule has 0 aliphatic carbocycles. The van der Waals surface area contributed by atoms with Gasteiger partial charge in [0, 0.05) is 12.4 Å². The summed E-state index contributed by atoms with van der Waals surface area (Å²) in [6, 6.07) is 7.84. The van der Waals surface area contributed by atoms with E-state index in [1.807, 2.05) is 35.9 Å². The lowest BCUT2D eigenvalue weighted by Crippen LogP contribution is -2.11. The van der Waals surface area contributed by atoms with Crippen molar-refractivity contribution in [2.24, 2.45) is 12.8 Å². The van der Waals surface area contributed by atoms with Crippen LogP contribution in [0.15, 0.2) is 29.6 Å². The van der Waals surface area contributed by atoms with Crippen molar-refractivity contribution in [2.75, 3.05) is 0 Å². The van der Waals surface area contributed by atoms with Crippen LogP contribution < -0.4 is 5.73 Å². The van der Waals surface area contributed by atoms with Gasteiger partial charge in [-0.15, -0.1) is 11.3 Å². The van der Waals surface area contributed by atoms with Gasteiger partial charge in [0.1, 0.15) is 5.69 Å². The Labute approximate surface area is 107 Å². The van der Waals surface area contributed by atoms with Crippen molar-refractivity contribution in [3.05, 3.63) is 35.3 Å². The maximum Gasteiger partial charge on any atom is 0.268 e. The normalized spacial score (nSPS) is 10.9. The van der Waals surface area contributed by atoms with Crippen molar-refractivity contribution in [3.8, 4) is 10.8 Å². The molecule has 0 aliphatic heterocycles. The Bertz CT molecular complexity index is 743. The van der Waals surface area contributed by atoms with Gasteiger partial charge in [-0.25, -0.2) is 9.97 Å². The summed E-state index contributed by atoms with van der Waals surface area (Å²) in [5, 5.41) is 2.35. The van der Waals surface area contributed by atoms with Gasteiger partial charge in [-0.1, -0.05) is 12.1 Å². The van der Waals surface area contributed by atoms with E-state index in [1.54, 1.807) is 5.38 Å². The highest BCUT2D eigenvalue weighted by atomic mass is 32.1. The maximum atomic E-state index is 11.0. The Morgan fingerprint density at radius 3 is 2.78 bits per heavy atom. The first-order valence-electron chi connectivity index (χ1n) is 5.34. The fraction of sp³-hybridized carbons (Fsp3) is 0.0833. The molecule has 0 saturated heterocycles. The van der Waals surface area contributed by atoms with E-state index in [-0.39, 0.29) is 5.69 Å². The molecule has 1 amide bonds. The molecule has 0 saturated carbocycles. The van der Waals surface area contributed by atoms with Gasteiger partial charge >= 0.3 is 0 Å². The third-order valence-electron chi connectivity index (χ3n) is 2.74. The highest BCUT2D eigenvalue weighted by molar-refractivity contribution is 7.13. The van der Waals surface area contributed by atoms with Crippen LogP contribution in [0.5, 0.6) is 0 Å². The molecule has 2 aromatic heterocycles. The first kappa shape index (κ1) is 10.9. The molecule has 6 heteroatoms. The highest BCUT2D eigenvalue weighted by Crippen LogP contribution is 2.26. The van der Waals surface area contributed by atoms with Gasteiger partial charge in [-0.3, -0.25) is 4.79 Å². The number of nitrogens with two attached hydrogens (primary N) is 1. The predicted molar refractivity (Wildman–Crippen MR) is 70.3 cm³/mol. The molecular formula is C12H10N4OS. The van der Waals surface area contributed by atoms with Crippen molar-refractivity contribution in [3.63, 3.8) is 0 Å². The molecule has 0 bridgehead atoms. The second-order valence-electron chi connectivity index (χ2n) is 3.89. The summed E-state index contributed by atoms with van der Waals surface area (Å²) >= 11 is 1.37. The Kier molecular flexibility index (Phi) is 2.38. The molecule has 3 aromatic rings. The van der Waals surface area contributed by atoms with Crippen LogP contribution in [0.1, 0.15) is 10.5 Å². The molecule has 0 fully saturated rings. The molecule has 0 aliphatic rings. The van der Waals surface area contributed by atoms with Crippen LogP contribution in [-0.2, 0) is 7.05 Å².